The predicted octanol–water partition coefficient (Wildman–Crippen LogP) is 3.50. The molecule has 0 bridgehead atoms. The van der Waals surface area contributed by atoms with Crippen LogP contribution >= 0.6 is 0 Å². The second kappa shape index (κ2) is 6.24. The molecule has 1 aromatic rings. The van der Waals surface area contributed by atoms with Gasteiger partial charge in [0.25, 0.3) is 0 Å². The van der Waals surface area contributed by atoms with Crippen LogP contribution in [0.25, 0.3) is 0 Å². The molecule has 112 valence electrons. The summed E-state index contributed by atoms with van der Waals surface area (Å²) in [6.45, 7) is 6.41. The van der Waals surface area contributed by atoms with Crippen LogP contribution in [0.4, 0.5) is 11.5 Å². The number of anilines is 1. The van der Waals surface area contributed by atoms with Gasteiger partial charge in [0.15, 0.2) is 0 Å². The minimum Gasteiger partial charge on any atom is -0.362 e. The van der Waals surface area contributed by atoms with E-state index in [1.54, 1.807) is 11.6 Å². The highest BCUT2D eigenvalue weighted by molar-refractivity contribution is 5.60. The van der Waals surface area contributed by atoms with Gasteiger partial charge in [-0.05, 0) is 39.5 Å². The Morgan fingerprint density at radius 2 is 2.10 bits per heavy atom. The number of hydrogen-bond acceptors (Lipinski definition) is 4. The van der Waals surface area contributed by atoms with E-state index >= 15 is 0 Å². The van der Waals surface area contributed by atoms with E-state index < -0.39 is 0 Å². The molecule has 2 rings (SSSR count). The lowest BCUT2D eigenvalue weighted by atomic mass is 9.84. The third-order valence-corrected chi connectivity index (χ3v) is 4.30. The van der Waals surface area contributed by atoms with Gasteiger partial charge < -0.3 is 5.32 Å². The number of aromatic nitrogens is 2. The van der Waals surface area contributed by atoms with Crippen molar-refractivity contribution >= 4 is 11.5 Å². The van der Waals surface area contributed by atoms with Crippen LogP contribution in [-0.2, 0) is 6.54 Å². The summed E-state index contributed by atoms with van der Waals surface area (Å²) in [5.74, 6) is 1.16. The SMILES string of the molecule is CCn1nc(C)c([N+](=O)[O-])c1NC(C)C1CCCCC1. The van der Waals surface area contributed by atoms with E-state index in [9.17, 15) is 10.1 Å². The van der Waals surface area contributed by atoms with Crippen molar-refractivity contribution in [3.63, 3.8) is 0 Å². The average molecular weight is 280 g/mol. The lowest BCUT2D eigenvalue weighted by Crippen LogP contribution is -2.29. The molecule has 0 aromatic carbocycles. The number of aryl methyl sites for hydroxylation is 2. The molecule has 0 aliphatic heterocycles. The fourth-order valence-electron chi connectivity index (χ4n) is 3.13. The predicted molar refractivity (Wildman–Crippen MR) is 79.0 cm³/mol. The van der Waals surface area contributed by atoms with Gasteiger partial charge >= 0.3 is 5.69 Å². The van der Waals surface area contributed by atoms with E-state index in [1.807, 2.05) is 6.92 Å². The highest BCUT2D eigenvalue weighted by atomic mass is 16.6. The minimum atomic E-state index is -0.329. The highest BCUT2D eigenvalue weighted by Crippen LogP contribution is 2.32. The van der Waals surface area contributed by atoms with Crippen molar-refractivity contribution in [3.8, 4) is 0 Å². The Morgan fingerprint density at radius 3 is 2.65 bits per heavy atom. The lowest BCUT2D eigenvalue weighted by molar-refractivity contribution is -0.384. The topological polar surface area (TPSA) is 73.0 Å². The Labute approximate surface area is 119 Å². The molecule has 1 fully saturated rings. The zero-order valence-corrected chi connectivity index (χ0v) is 12.6. The number of nitrogens with one attached hydrogen (secondary N) is 1. The van der Waals surface area contributed by atoms with Crippen LogP contribution in [0.15, 0.2) is 0 Å². The minimum absolute atomic E-state index is 0.120. The molecule has 0 radical (unpaired) electrons. The molecule has 6 nitrogen and oxygen atoms in total. The maximum absolute atomic E-state index is 11.2. The summed E-state index contributed by atoms with van der Waals surface area (Å²) >= 11 is 0. The van der Waals surface area contributed by atoms with Gasteiger partial charge in [0.1, 0.15) is 5.69 Å². The summed E-state index contributed by atoms with van der Waals surface area (Å²) in [5.41, 5.74) is 0.602. The van der Waals surface area contributed by atoms with Gasteiger partial charge in [0.05, 0.1) is 4.92 Å². The Hall–Kier alpha value is -1.59. The average Bonchev–Trinajstić information content (AvgIpc) is 2.75. The van der Waals surface area contributed by atoms with Crippen molar-refractivity contribution in [3.05, 3.63) is 15.8 Å². The first kappa shape index (κ1) is 14.8. The van der Waals surface area contributed by atoms with Crippen LogP contribution in [0.3, 0.4) is 0 Å². The van der Waals surface area contributed by atoms with Crippen LogP contribution < -0.4 is 5.32 Å². The molecule has 1 aliphatic rings. The van der Waals surface area contributed by atoms with E-state index in [4.69, 9.17) is 0 Å². The van der Waals surface area contributed by atoms with Gasteiger partial charge in [-0.1, -0.05) is 19.3 Å². The van der Waals surface area contributed by atoms with Crippen LogP contribution in [0, 0.1) is 23.0 Å². The first-order valence-electron chi connectivity index (χ1n) is 7.53. The van der Waals surface area contributed by atoms with Gasteiger partial charge in [-0.15, -0.1) is 0 Å². The van der Waals surface area contributed by atoms with Crippen molar-refractivity contribution < 1.29 is 4.92 Å². The largest absolute Gasteiger partial charge is 0.362 e. The lowest BCUT2D eigenvalue weighted by Gasteiger charge is -2.28. The van der Waals surface area contributed by atoms with E-state index in [0.717, 1.165) is 0 Å². The van der Waals surface area contributed by atoms with Crippen molar-refractivity contribution in [2.75, 3.05) is 5.32 Å². The van der Waals surface area contributed by atoms with Crippen molar-refractivity contribution in [2.45, 2.75) is 65.5 Å². The smallest absolute Gasteiger partial charge is 0.333 e. The van der Waals surface area contributed by atoms with E-state index in [2.05, 4.69) is 17.3 Å². The van der Waals surface area contributed by atoms with Crippen LogP contribution in [0.5, 0.6) is 0 Å². The van der Waals surface area contributed by atoms with E-state index in [1.165, 1.54) is 32.1 Å². The third-order valence-electron chi connectivity index (χ3n) is 4.30. The molecule has 1 aliphatic carbocycles. The Bertz CT molecular complexity index is 478. The molecule has 1 N–H and O–H groups in total. The quantitative estimate of drug-likeness (QED) is 0.661. The van der Waals surface area contributed by atoms with Gasteiger partial charge in [0.2, 0.25) is 5.82 Å². The number of nitro groups is 1. The first-order chi connectivity index (χ1) is 9.54. The molecule has 1 heterocycles. The molecule has 1 saturated carbocycles. The van der Waals surface area contributed by atoms with E-state index in [0.29, 0.717) is 24.0 Å². The molecule has 1 unspecified atom stereocenters. The zero-order valence-electron chi connectivity index (χ0n) is 12.6. The number of rotatable bonds is 5. The van der Waals surface area contributed by atoms with Crippen LogP contribution in [-0.4, -0.2) is 20.7 Å². The van der Waals surface area contributed by atoms with Crippen molar-refractivity contribution in [2.24, 2.45) is 5.92 Å². The molecule has 0 spiro atoms. The van der Waals surface area contributed by atoms with Gasteiger partial charge in [0, 0.05) is 12.6 Å². The van der Waals surface area contributed by atoms with Crippen molar-refractivity contribution in [1.29, 1.82) is 0 Å². The number of nitrogens with zero attached hydrogens (tertiary/aromatic N) is 3. The highest BCUT2D eigenvalue weighted by Gasteiger charge is 2.28. The molecule has 20 heavy (non-hydrogen) atoms. The van der Waals surface area contributed by atoms with Crippen molar-refractivity contribution in [1.82, 2.24) is 9.78 Å². The Kier molecular flexibility index (Phi) is 4.62. The summed E-state index contributed by atoms with van der Waals surface area (Å²) in [7, 11) is 0. The summed E-state index contributed by atoms with van der Waals surface area (Å²) in [6.07, 6.45) is 6.27. The Morgan fingerprint density at radius 1 is 1.45 bits per heavy atom. The zero-order chi connectivity index (χ0) is 14.7. The fraction of sp³-hybridized carbons (Fsp3) is 0.786. The van der Waals surface area contributed by atoms with Crippen LogP contribution in [0.2, 0.25) is 0 Å². The summed E-state index contributed by atoms with van der Waals surface area (Å²) in [4.78, 5) is 10.9. The molecule has 1 atom stereocenters. The monoisotopic (exact) mass is 280 g/mol. The summed E-state index contributed by atoms with van der Waals surface area (Å²) in [6, 6.07) is 0.246. The maximum atomic E-state index is 11.2. The van der Waals surface area contributed by atoms with Gasteiger partial charge in [-0.3, -0.25) is 10.1 Å². The maximum Gasteiger partial charge on any atom is 0.333 e. The molecular formula is C14H24N4O2. The second-order valence-electron chi connectivity index (χ2n) is 5.69. The number of hydrogen-bond donors (Lipinski definition) is 1. The van der Waals surface area contributed by atoms with Crippen LogP contribution in [0.1, 0.15) is 51.6 Å². The summed E-state index contributed by atoms with van der Waals surface area (Å²) < 4.78 is 1.70. The van der Waals surface area contributed by atoms with Gasteiger partial charge in [-0.25, -0.2) is 4.68 Å². The Balaban J connectivity index is 2.20. The molecule has 1 aromatic heterocycles. The summed E-state index contributed by atoms with van der Waals surface area (Å²) in [5, 5.41) is 18.9. The first-order valence-corrected chi connectivity index (χ1v) is 7.53. The van der Waals surface area contributed by atoms with E-state index in [-0.39, 0.29) is 16.7 Å². The standard InChI is InChI=1S/C14H24N4O2/c1-4-17-14(13(18(19)20)11(3)16-17)15-10(2)12-8-6-5-7-9-12/h10,12,15H,4-9H2,1-3H3. The molecule has 0 saturated heterocycles. The molecular weight excluding hydrogens is 256 g/mol. The fourth-order valence-corrected chi connectivity index (χ4v) is 3.13. The van der Waals surface area contributed by atoms with Gasteiger partial charge in [-0.2, -0.15) is 5.10 Å². The normalized spacial score (nSPS) is 17.9. The third kappa shape index (κ3) is 2.94. The molecule has 6 heteroatoms. The molecule has 0 amide bonds. The second-order valence-corrected chi connectivity index (χ2v) is 5.69.